The molecule has 0 bridgehead atoms. The van der Waals surface area contributed by atoms with Crippen molar-refractivity contribution in [2.24, 2.45) is 0 Å². The van der Waals surface area contributed by atoms with Crippen molar-refractivity contribution in [2.45, 2.75) is 43.1 Å². The lowest BCUT2D eigenvalue weighted by Crippen LogP contribution is -2.21. The summed E-state index contributed by atoms with van der Waals surface area (Å²) in [6.45, 7) is 7.43. The maximum absolute atomic E-state index is 3.43. The van der Waals surface area contributed by atoms with Crippen LogP contribution in [0.3, 0.4) is 0 Å². The first-order chi connectivity index (χ1) is 9.15. The average Bonchev–Trinajstić information content (AvgIpc) is 2.40. The number of benzene rings is 2. The molecule has 0 saturated carbocycles. The number of hydrogen-bond donors (Lipinski definition) is 1. The highest BCUT2D eigenvalue weighted by atomic mass is 32.2. The predicted molar refractivity (Wildman–Crippen MR) is 83.7 cm³/mol. The van der Waals surface area contributed by atoms with Crippen LogP contribution in [-0.4, -0.2) is 6.04 Å². The molecule has 0 aliphatic heterocycles. The van der Waals surface area contributed by atoms with Crippen LogP contribution in [0.5, 0.6) is 0 Å². The molecule has 0 spiro atoms. The average molecular weight is 271 g/mol. The third-order valence-electron chi connectivity index (χ3n) is 2.96. The molecule has 0 aromatic heterocycles. The molecular weight excluding hydrogens is 250 g/mol. The minimum absolute atomic E-state index is 0.529. The Balaban J connectivity index is 2.01. The maximum Gasteiger partial charge on any atom is 0.0207 e. The first-order valence-electron chi connectivity index (χ1n) is 6.71. The Morgan fingerprint density at radius 2 is 1.68 bits per heavy atom. The van der Waals surface area contributed by atoms with Crippen LogP contribution < -0.4 is 5.32 Å². The highest BCUT2D eigenvalue weighted by Gasteiger charge is 2.01. The summed E-state index contributed by atoms with van der Waals surface area (Å²) in [7, 11) is 0. The number of nitrogens with one attached hydrogen (secondary N) is 1. The summed E-state index contributed by atoms with van der Waals surface area (Å²) >= 11 is 1.83. The van der Waals surface area contributed by atoms with Crippen LogP contribution in [0.1, 0.15) is 25.0 Å². The molecule has 0 heterocycles. The van der Waals surface area contributed by atoms with E-state index in [-0.39, 0.29) is 0 Å². The zero-order valence-corrected chi connectivity index (χ0v) is 12.6. The Bertz CT molecular complexity index is 517. The van der Waals surface area contributed by atoms with E-state index in [1.807, 2.05) is 11.8 Å². The largest absolute Gasteiger partial charge is 0.310 e. The van der Waals surface area contributed by atoms with E-state index in [4.69, 9.17) is 0 Å². The molecule has 0 radical (unpaired) electrons. The van der Waals surface area contributed by atoms with E-state index in [9.17, 15) is 0 Å². The van der Waals surface area contributed by atoms with Crippen LogP contribution in [0.25, 0.3) is 0 Å². The second-order valence-corrected chi connectivity index (χ2v) is 6.16. The van der Waals surface area contributed by atoms with Gasteiger partial charge in [-0.3, -0.25) is 0 Å². The molecular formula is C17H21NS. The molecule has 0 amide bonds. The van der Waals surface area contributed by atoms with Crippen LogP contribution in [-0.2, 0) is 6.54 Å². The standard InChI is InChI=1S/C17H21NS/c1-13(2)18-12-15-8-10-16(11-9-15)19-17-7-5-4-6-14(17)3/h4-11,13,18H,12H2,1-3H3. The van der Waals surface area contributed by atoms with Crippen LogP contribution in [0.15, 0.2) is 58.3 Å². The molecule has 2 aromatic rings. The molecule has 2 heteroatoms. The third-order valence-corrected chi connectivity index (χ3v) is 4.15. The van der Waals surface area contributed by atoms with Crippen molar-refractivity contribution in [1.82, 2.24) is 5.32 Å². The van der Waals surface area contributed by atoms with Gasteiger partial charge < -0.3 is 5.32 Å². The molecule has 100 valence electrons. The Kier molecular flexibility index (Phi) is 5.06. The quantitative estimate of drug-likeness (QED) is 0.850. The lowest BCUT2D eigenvalue weighted by molar-refractivity contribution is 0.588. The van der Waals surface area contributed by atoms with Crippen molar-refractivity contribution in [2.75, 3.05) is 0 Å². The number of aryl methyl sites for hydroxylation is 1. The van der Waals surface area contributed by atoms with Gasteiger partial charge in [-0.05, 0) is 36.2 Å². The first-order valence-corrected chi connectivity index (χ1v) is 7.52. The van der Waals surface area contributed by atoms with Gasteiger partial charge in [0.15, 0.2) is 0 Å². The molecule has 0 saturated heterocycles. The molecule has 2 rings (SSSR count). The van der Waals surface area contributed by atoms with Gasteiger partial charge >= 0.3 is 0 Å². The Morgan fingerprint density at radius 1 is 1.00 bits per heavy atom. The summed E-state index contributed by atoms with van der Waals surface area (Å²) in [6.07, 6.45) is 0. The molecule has 0 unspecified atom stereocenters. The number of rotatable bonds is 5. The molecule has 1 nitrogen and oxygen atoms in total. The highest BCUT2D eigenvalue weighted by Crippen LogP contribution is 2.30. The lowest BCUT2D eigenvalue weighted by Gasteiger charge is -2.09. The molecule has 2 aromatic carbocycles. The van der Waals surface area contributed by atoms with Gasteiger partial charge in [0.05, 0.1) is 0 Å². The predicted octanol–water partition coefficient (Wildman–Crippen LogP) is 4.64. The SMILES string of the molecule is Cc1ccccc1Sc1ccc(CNC(C)C)cc1. The summed E-state index contributed by atoms with van der Waals surface area (Å²) in [6, 6.07) is 17.9. The van der Waals surface area contributed by atoms with E-state index in [1.54, 1.807) is 0 Å². The van der Waals surface area contributed by atoms with Crippen molar-refractivity contribution >= 4 is 11.8 Å². The van der Waals surface area contributed by atoms with E-state index >= 15 is 0 Å². The second kappa shape index (κ2) is 6.78. The van der Waals surface area contributed by atoms with Gasteiger partial charge in [-0.2, -0.15) is 0 Å². The summed E-state index contributed by atoms with van der Waals surface area (Å²) in [4.78, 5) is 2.62. The topological polar surface area (TPSA) is 12.0 Å². The minimum atomic E-state index is 0.529. The Labute approximate surface area is 120 Å². The van der Waals surface area contributed by atoms with Gasteiger partial charge in [0, 0.05) is 22.4 Å². The third kappa shape index (κ3) is 4.41. The van der Waals surface area contributed by atoms with Crippen LogP contribution in [0, 0.1) is 6.92 Å². The van der Waals surface area contributed by atoms with E-state index in [0.717, 1.165) is 6.54 Å². The first kappa shape index (κ1) is 14.2. The smallest absolute Gasteiger partial charge is 0.0207 e. The maximum atomic E-state index is 3.43. The van der Waals surface area contributed by atoms with Crippen molar-refractivity contribution in [1.29, 1.82) is 0 Å². The monoisotopic (exact) mass is 271 g/mol. The van der Waals surface area contributed by atoms with Crippen LogP contribution in [0.2, 0.25) is 0 Å². The van der Waals surface area contributed by atoms with E-state index in [1.165, 1.54) is 20.9 Å². The normalized spacial score (nSPS) is 10.9. The summed E-state index contributed by atoms with van der Waals surface area (Å²) < 4.78 is 0. The molecule has 0 atom stereocenters. The second-order valence-electron chi connectivity index (χ2n) is 5.05. The van der Waals surface area contributed by atoms with Gasteiger partial charge in [0.2, 0.25) is 0 Å². The number of hydrogen-bond acceptors (Lipinski definition) is 2. The fraction of sp³-hybridized carbons (Fsp3) is 0.294. The van der Waals surface area contributed by atoms with Gasteiger partial charge in [-0.1, -0.05) is 55.9 Å². The zero-order chi connectivity index (χ0) is 13.7. The minimum Gasteiger partial charge on any atom is -0.310 e. The lowest BCUT2D eigenvalue weighted by atomic mass is 10.2. The van der Waals surface area contributed by atoms with Gasteiger partial charge in [-0.15, -0.1) is 0 Å². The summed E-state index contributed by atoms with van der Waals surface area (Å²) in [5.41, 5.74) is 2.67. The van der Waals surface area contributed by atoms with Crippen LogP contribution >= 0.6 is 11.8 Å². The molecule has 1 N–H and O–H groups in total. The molecule has 0 aliphatic carbocycles. The Hall–Kier alpha value is -1.25. The van der Waals surface area contributed by atoms with Crippen molar-refractivity contribution in [3.05, 3.63) is 59.7 Å². The van der Waals surface area contributed by atoms with Gasteiger partial charge in [0.25, 0.3) is 0 Å². The molecule has 0 aliphatic rings. The van der Waals surface area contributed by atoms with Crippen molar-refractivity contribution < 1.29 is 0 Å². The molecule has 19 heavy (non-hydrogen) atoms. The fourth-order valence-electron chi connectivity index (χ4n) is 1.80. The highest BCUT2D eigenvalue weighted by molar-refractivity contribution is 7.99. The van der Waals surface area contributed by atoms with Gasteiger partial charge in [0.1, 0.15) is 0 Å². The van der Waals surface area contributed by atoms with Crippen molar-refractivity contribution in [3.8, 4) is 0 Å². The van der Waals surface area contributed by atoms with Crippen LogP contribution in [0.4, 0.5) is 0 Å². The zero-order valence-electron chi connectivity index (χ0n) is 11.8. The van der Waals surface area contributed by atoms with Gasteiger partial charge in [-0.25, -0.2) is 0 Å². The van der Waals surface area contributed by atoms with E-state index in [2.05, 4.69) is 74.6 Å². The molecule has 0 fully saturated rings. The van der Waals surface area contributed by atoms with E-state index in [0.29, 0.717) is 6.04 Å². The van der Waals surface area contributed by atoms with Crippen molar-refractivity contribution in [3.63, 3.8) is 0 Å². The summed E-state index contributed by atoms with van der Waals surface area (Å²) in [5.74, 6) is 0. The Morgan fingerprint density at radius 3 is 2.32 bits per heavy atom. The fourth-order valence-corrected chi connectivity index (χ4v) is 2.70. The summed E-state index contributed by atoms with van der Waals surface area (Å²) in [5, 5.41) is 3.43. The van der Waals surface area contributed by atoms with E-state index < -0.39 is 0 Å².